The number of methoxy groups -OCH3 is 1. The van der Waals surface area contributed by atoms with Gasteiger partial charge in [-0.15, -0.1) is 0 Å². The van der Waals surface area contributed by atoms with Crippen molar-refractivity contribution < 1.29 is 19.1 Å². The van der Waals surface area contributed by atoms with E-state index in [1.54, 1.807) is 60.5 Å². The molecule has 0 heterocycles. The molecule has 0 saturated carbocycles. The summed E-state index contributed by atoms with van der Waals surface area (Å²) in [5, 5.41) is 5.72. The Balaban J connectivity index is 1.73. The summed E-state index contributed by atoms with van der Waals surface area (Å²) in [5.41, 5.74) is 2.07. The van der Waals surface area contributed by atoms with Gasteiger partial charge in [0.2, 0.25) is 0 Å². The number of amides is 2. The Kier molecular flexibility index (Phi) is 9.13. The number of carbonyl (C=O) groups excluding carboxylic acids is 2. The molecule has 2 N–H and O–H groups in total. The lowest BCUT2D eigenvalue weighted by atomic mass is 10.1. The summed E-state index contributed by atoms with van der Waals surface area (Å²) in [4.78, 5) is 27.8. The molecule has 3 rings (SSSR count). The molecule has 0 aliphatic rings. The number of nitrogens with one attached hydrogen (secondary N) is 2. The van der Waals surface area contributed by atoms with E-state index in [0.717, 1.165) is 5.69 Å². The van der Waals surface area contributed by atoms with Crippen molar-refractivity contribution in [3.05, 3.63) is 90.0 Å². The Hall–Kier alpha value is -3.75. The first-order valence-corrected chi connectivity index (χ1v) is 11.2. The molecule has 0 aliphatic carbocycles. The van der Waals surface area contributed by atoms with E-state index in [1.807, 2.05) is 37.3 Å². The summed E-state index contributed by atoms with van der Waals surface area (Å²) in [6, 6.07) is 23.4. The largest absolute Gasteiger partial charge is 0.490 e. The molecular formula is C26H27N3O4S. The molecule has 0 saturated heterocycles. The number of benzene rings is 3. The minimum atomic E-state index is -0.422. The highest BCUT2D eigenvalue weighted by Gasteiger charge is 2.20. The topological polar surface area (TPSA) is 79.9 Å². The summed E-state index contributed by atoms with van der Waals surface area (Å²) < 4.78 is 10.6. The molecule has 2 amide bonds. The van der Waals surface area contributed by atoms with Gasteiger partial charge in [-0.3, -0.25) is 14.9 Å². The Morgan fingerprint density at radius 2 is 1.53 bits per heavy atom. The first-order chi connectivity index (χ1) is 16.5. The zero-order valence-corrected chi connectivity index (χ0v) is 19.9. The SMILES string of the molecule is CCN(C(=O)c1ccccc1NC(=S)NC(=O)c1ccccc1OCCOC)c1ccccc1. The molecule has 0 unspecified atom stereocenters. The lowest BCUT2D eigenvalue weighted by Crippen LogP contribution is -2.36. The van der Waals surface area contributed by atoms with Crippen LogP contribution in [0.2, 0.25) is 0 Å². The second kappa shape index (κ2) is 12.5. The predicted molar refractivity (Wildman–Crippen MR) is 138 cm³/mol. The highest BCUT2D eigenvalue weighted by Crippen LogP contribution is 2.22. The quantitative estimate of drug-likeness (QED) is 0.349. The molecule has 0 radical (unpaired) electrons. The zero-order valence-electron chi connectivity index (χ0n) is 19.1. The van der Waals surface area contributed by atoms with Crippen LogP contribution in [0.25, 0.3) is 0 Å². The maximum absolute atomic E-state index is 13.3. The third-order valence-corrected chi connectivity index (χ3v) is 5.14. The van der Waals surface area contributed by atoms with E-state index in [-0.39, 0.29) is 11.0 Å². The van der Waals surface area contributed by atoms with Crippen LogP contribution < -0.4 is 20.3 Å². The van der Waals surface area contributed by atoms with Gasteiger partial charge in [-0.1, -0.05) is 42.5 Å². The van der Waals surface area contributed by atoms with Crippen LogP contribution in [0.3, 0.4) is 0 Å². The van der Waals surface area contributed by atoms with E-state index in [9.17, 15) is 9.59 Å². The van der Waals surface area contributed by atoms with Crippen molar-refractivity contribution >= 4 is 40.5 Å². The molecule has 176 valence electrons. The Morgan fingerprint density at radius 1 is 0.882 bits per heavy atom. The highest BCUT2D eigenvalue weighted by molar-refractivity contribution is 7.80. The number of hydrogen-bond donors (Lipinski definition) is 2. The zero-order chi connectivity index (χ0) is 24.3. The molecule has 34 heavy (non-hydrogen) atoms. The maximum atomic E-state index is 13.3. The number of hydrogen-bond acceptors (Lipinski definition) is 5. The van der Waals surface area contributed by atoms with Crippen molar-refractivity contribution in [3.8, 4) is 5.75 Å². The Morgan fingerprint density at radius 3 is 2.24 bits per heavy atom. The van der Waals surface area contributed by atoms with E-state index in [2.05, 4.69) is 10.6 Å². The van der Waals surface area contributed by atoms with Crippen molar-refractivity contribution in [3.63, 3.8) is 0 Å². The fourth-order valence-corrected chi connectivity index (χ4v) is 3.52. The second-order valence-electron chi connectivity index (χ2n) is 7.18. The van der Waals surface area contributed by atoms with Gasteiger partial charge in [0.1, 0.15) is 12.4 Å². The number of anilines is 2. The van der Waals surface area contributed by atoms with Gasteiger partial charge in [0.05, 0.1) is 23.4 Å². The highest BCUT2D eigenvalue weighted by atomic mass is 32.1. The van der Waals surface area contributed by atoms with Gasteiger partial charge in [-0.25, -0.2) is 0 Å². The van der Waals surface area contributed by atoms with E-state index in [1.165, 1.54) is 0 Å². The molecular weight excluding hydrogens is 450 g/mol. The standard InChI is InChI=1S/C26H27N3O4S/c1-3-29(19-11-5-4-6-12-19)25(31)20-13-7-9-15-22(20)27-26(34)28-24(30)21-14-8-10-16-23(21)33-18-17-32-2/h4-16H,3,17-18H2,1-2H3,(H2,27,28,30,34). The smallest absolute Gasteiger partial charge is 0.261 e. The molecule has 0 fully saturated rings. The molecule has 0 atom stereocenters. The van der Waals surface area contributed by atoms with Crippen LogP contribution in [-0.4, -0.2) is 43.8 Å². The van der Waals surface area contributed by atoms with Gasteiger partial charge in [0, 0.05) is 19.3 Å². The summed E-state index contributed by atoms with van der Waals surface area (Å²) in [7, 11) is 1.58. The van der Waals surface area contributed by atoms with Crippen LogP contribution in [0.15, 0.2) is 78.9 Å². The van der Waals surface area contributed by atoms with Gasteiger partial charge in [0.25, 0.3) is 11.8 Å². The van der Waals surface area contributed by atoms with E-state index < -0.39 is 5.91 Å². The maximum Gasteiger partial charge on any atom is 0.261 e. The Labute approximate surface area is 204 Å². The summed E-state index contributed by atoms with van der Waals surface area (Å²) in [6.07, 6.45) is 0. The number of rotatable bonds is 9. The van der Waals surface area contributed by atoms with Crippen molar-refractivity contribution in [2.75, 3.05) is 37.1 Å². The minimum absolute atomic E-state index is 0.0692. The van der Waals surface area contributed by atoms with E-state index >= 15 is 0 Å². The molecule has 0 aliphatic heterocycles. The number of nitrogens with zero attached hydrogens (tertiary/aromatic N) is 1. The number of carbonyl (C=O) groups is 2. The van der Waals surface area contributed by atoms with Gasteiger partial charge in [-0.05, 0) is 55.5 Å². The third-order valence-electron chi connectivity index (χ3n) is 4.94. The molecule has 3 aromatic carbocycles. The van der Waals surface area contributed by atoms with Crippen molar-refractivity contribution in [1.29, 1.82) is 0 Å². The van der Waals surface area contributed by atoms with Crippen LogP contribution in [0, 0.1) is 0 Å². The molecule has 3 aromatic rings. The van der Waals surface area contributed by atoms with Gasteiger partial charge in [-0.2, -0.15) is 0 Å². The average Bonchev–Trinajstić information content (AvgIpc) is 2.86. The van der Waals surface area contributed by atoms with Gasteiger partial charge >= 0.3 is 0 Å². The fourth-order valence-electron chi connectivity index (χ4n) is 3.31. The monoisotopic (exact) mass is 477 g/mol. The van der Waals surface area contributed by atoms with Crippen molar-refractivity contribution in [2.24, 2.45) is 0 Å². The summed E-state index contributed by atoms with van der Waals surface area (Å²) in [5.74, 6) is -0.173. The van der Waals surface area contributed by atoms with Gasteiger partial charge in [0.15, 0.2) is 5.11 Å². The molecule has 0 bridgehead atoms. The second-order valence-corrected chi connectivity index (χ2v) is 7.58. The summed E-state index contributed by atoms with van der Waals surface area (Å²) in [6.45, 7) is 3.13. The average molecular weight is 478 g/mol. The number of ether oxygens (including phenoxy) is 2. The first kappa shape index (κ1) is 24.9. The Bertz CT molecular complexity index is 1140. The normalized spacial score (nSPS) is 10.3. The first-order valence-electron chi connectivity index (χ1n) is 10.8. The van der Waals surface area contributed by atoms with Crippen LogP contribution in [-0.2, 0) is 4.74 Å². The molecule has 7 nitrogen and oxygen atoms in total. The van der Waals surface area contributed by atoms with Crippen molar-refractivity contribution in [2.45, 2.75) is 6.92 Å². The van der Waals surface area contributed by atoms with Crippen LogP contribution in [0.4, 0.5) is 11.4 Å². The predicted octanol–water partition coefficient (Wildman–Crippen LogP) is 4.51. The van der Waals surface area contributed by atoms with Crippen LogP contribution in [0.1, 0.15) is 27.6 Å². The lowest BCUT2D eigenvalue weighted by molar-refractivity contribution is 0.0967. The molecule has 0 spiro atoms. The van der Waals surface area contributed by atoms with Crippen molar-refractivity contribution in [1.82, 2.24) is 5.32 Å². The van der Waals surface area contributed by atoms with Gasteiger partial charge < -0.3 is 19.7 Å². The van der Waals surface area contributed by atoms with Crippen LogP contribution in [0.5, 0.6) is 5.75 Å². The van der Waals surface area contributed by atoms with E-state index in [0.29, 0.717) is 42.3 Å². The number of thiocarbonyl (C=S) groups is 1. The summed E-state index contributed by atoms with van der Waals surface area (Å²) >= 11 is 5.37. The minimum Gasteiger partial charge on any atom is -0.490 e. The third kappa shape index (κ3) is 6.40. The lowest BCUT2D eigenvalue weighted by Gasteiger charge is -2.23. The number of para-hydroxylation sites is 3. The van der Waals surface area contributed by atoms with E-state index in [4.69, 9.17) is 21.7 Å². The van der Waals surface area contributed by atoms with Crippen LogP contribution >= 0.6 is 12.2 Å². The fraction of sp³-hybridized carbons (Fsp3) is 0.192. The molecule has 0 aromatic heterocycles. The molecule has 8 heteroatoms.